The van der Waals surface area contributed by atoms with Crippen LogP contribution in [0.2, 0.25) is 0 Å². The summed E-state index contributed by atoms with van der Waals surface area (Å²) in [5.41, 5.74) is 2.22. The van der Waals surface area contributed by atoms with E-state index >= 15 is 0 Å². The second kappa shape index (κ2) is 15.6. The average molecular weight is 545 g/mol. The summed E-state index contributed by atoms with van der Waals surface area (Å²) in [6, 6.07) is 17.2. The maximum atomic E-state index is 6.52. The lowest BCUT2D eigenvalue weighted by atomic mass is 10.0. The van der Waals surface area contributed by atoms with Crippen molar-refractivity contribution in [1.82, 2.24) is 0 Å². The molecule has 0 saturated carbocycles. The maximum Gasteiger partial charge on any atom is 0.134 e. The third kappa shape index (κ3) is 8.09. The highest BCUT2D eigenvalue weighted by Gasteiger charge is 2.14. The van der Waals surface area contributed by atoms with Crippen molar-refractivity contribution in [2.45, 2.75) is 65.2 Å². The molecule has 0 atom stereocenters. The standard InChI is InChI=1S/C34H40O2S2/c1-3-5-7-9-23-35-33-27(15-19-29-13-11-25-37-29)17-22-32-31(33)21-18-28(16-20-30-14-12-26-38-30)34(32)36-24-10-8-6-4-2/h11-22,25-26H,3-10,23-24H2,1-2H3/b19-15+,20-16+. The normalized spacial score (nSPS) is 11.7. The van der Waals surface area contributed by atoms with E-state index in [4.69, 9.17) is 9.47 Å². The van der Waals surface area contributed by atoms with Gasteiger partial charge in [-0.05, 0) is 72.2 Å². The largest absolute Gasteiger partial charge is 0.492 e. The van der Waals surface area contributed by atoms with E-state index in [0.29, 0.717) is 0 Å². The van der Waals surface area contributed by atoms with Crippen molar-refractivity contribution >= 4 is 57.8 Å². The minimum atomic E-state index is 0.728. The molecule has 0 bridgehead atoms. The molecule has 4 heteroatoms. The molecule has 4 rings (SSSR count). The molecule has 0 aliphatic rings. The SMILES string of the molecule is CCCCCCOc1c(/C=C/c2cccs2)ccc2c(OCCCCCC)c(/C=C/c3cccs3)ccc12. The van der Waals surface area contributed by atoms with E-state index in [-0.39, 0.29) is 0 Å². The van der Waals surface area contributed by atoms with Gasteiger partial charge in [0, 0.05) is 31.7 Å². The van der Waals surface area contributed by atoms with Crippen molar-refractivity contribution in [1.29, 1.82) is 0 Å². The Bertz CT molecular complexity index is 1180. The molecule has 0 radical (unpaired) electrons. The molecule has 0 aliphatic carbocycles. The molecule has 4 aromatic rings. The van der Waals surface area contributed by atoms with Crippen LogP contribution in [0.3, 0.4) is 0 Å². The summed E-state index contributed by atoms with van der Waals surface area (Å²) in [6.45, 7) is 5.94. The van der Waals surface area contributed by atoms with Crippen LogP contribution in [0.5, 0.6) is 11.5 Å². The lowest BCUT2D eigenvalue weighted by Crippen LogP contribution is -2.02. The molecule has 2 nitrogen and oxygen atoms in total. The highest BCUT2D eigenvalue weighted by atomic mass is 32.1. The number of benzene rings is 2. The van der Waals surface area contributed by atoms with Crippen molar-refractivity contribution < 1.29 is 9.47 Å². The Morgan fingerprint density at radius 1 is 0.553 bits per heavy atom. The molecule has 0 spiro atoms. The third-order valence-electron chi connectivity index (χ3n) is 6.59. The van der Waals surface area contributed by atoms with Gasteiger partial charge in [0.15, 0.2) is 0 Å². The summed E-state index contributed by atoms with van der Waals surface area (Å²) in [6.07, 6.45) is 18.2. The molecule has 0 amide bonds. The van der Waals surface area contributed by atoms with Gasteiger partial charge in [0.05, 0.1) is 13.2 Å². The van der Waals surface area contributed by atoms with Gasteiger partial charge in [0.1, 0.15) is 11.5 Å². The van der Waals surface area contributed by atoms with E-state index in [1.54, 1.807) is 22.7 Å². The Kier molecular flexibility index (Phi) is 11.5. The zero-order valence-electron chi connectivity index (χ0n) is 22.8. The lowest BCUT2D eigenvalue weighted by Gasteiger charge is -2.17. The van der Waals surface area contributed by atoms with Gasteiger partial charge in [0.25, 0.3) is 0 Å². The first-order chi connectivity index (χ1) is 18.8. The Morgan fingerprint density at radius 2 is 1.03 bits per heavy atom. The molecule has 2 aromatic carbocycles. The van der Waals surface area contributed by atoms with Gasteiger partial charge < -0.3 is 9.47 Å². The zero-order chi connectivity index (χ0) is 26.4. The molecule has 0 N–H and O–H groups in total. The monoisotopic (exact) mass is 544 g/mol. The summed E-state index contributed by atoms with van der Waals surface area (Å²) in [7, 11) is 0. The molecule has 200 valence electrons. The van der Waals surface area contributed by atoms with Gasteiger partial charge in [-0.3, -0.25) is 0 Å². The first-order valence-electron chi connectivity index (χ1n) is 14.1. The maximum absolute atomic E-state index is 6.52. The Labute approximate surface area is 236 Å². The number of rotatable bonds is 16. The number of ether oxygens (including phenoxy) is 2. The number of thiophene rings is 2. The van der Waals surface area contributed by atoms with Crippen LogP contribution in [0.1, 0.15) is 86.1 Å². The number of unbranched alkanes of at least 4 members (excludes halogenated alkanes) is 6. The van der Waals surface area contributed by atoms with E-state index < -0.39 is 0 Å². The summed E-state index contributed by atoms with van der Waals surface area (Å²) in [5, 5.41) is 6.46. The van der Waals surface area contributed by atoms with Gasteiger partial charge in [0.2, 0.25) is 0 Å². The molecule has 0 fully saturated rings. The molecule has 2 heterocycles. The van der Waals surface area contributed by atoms with E-state index in [1.165, 1.54) is 48.3 Å². The first-order valence-corrected chi connectivity index (χ1v) is 15.8. The summed E-state index contributed by atoms with van der Waals surface area (Å²) in [5.74, 6) is 1.91. The minimum Gasteiger partial charge on any atom is -0.492 e. The topological polar surface area (TPSA) is 18.5 Å². The van der Waals surface area contributed by atoms with E-state index in [9.17, 15) is 0 Å². The second-order valence-corrected chi connectivity index (χ2v) is 11.5. The molecule has 0 saturated heterocycles. The van der Waals surface area contributed by atoms with Crippen LogP contribution in [0, 0.1) is 0 Å². The van der Waals surface area contributed by atoms with Crippen LogP contribution in [-0.4, -0.2) is 13.2 Å². The summed E-state index contributed by atoms with van der Waals surface area (Å²) in [4.78, 5) is 2.48. The fourth-order valence-corrected chi connectivity index (χ4v) is 5.73. The summed E-state index contributed by atoms with van der Waals surface area (Å²) < 4.78 is 13.0. The smallest absolute Gasteiger partial charge is 0.134 e. The molecule has 0 unspecified atom stereocenters. The van der Waals surface area contributed by atoms with Gasteiger partial charge in [-0.15, -0.1) is 22.7 Å². The Hall–Kier alpha value is -2.82. The van der Waals surface area contributed by atoms with E-state index in [1.807, 2.05) is 0 Å². The molecule has 38 heavy (non-hydrogen) atoms. The fourth-order valence-electron chi connectivity index (χ4n) is 4.49. The fraction of sp³-hybridized carbons (Fsp3) is 0.353. The van der Waals surface area contributed by atoms with Gasteiger partial charge in [-0.2, -0.15) is 0 Å². The second-order valence-electron chi connectivity index (χ2n) is 9.58. The van der Waals surface area contributed by atoms with Crippen molar-refractivity contribution in [3.05, 3.63) is 80.2 Å². The van der Waals surface area contributed by atoms with E-state index in [2.05, 4.69) is 97.4 Å². The van der Waals surface area contributed by atoms with Crippen LogP contribution in [0.4, 0.5) is 0 Å². The predicted octanol–water partition coefficient (Wildman–Crippen LogP) is 11.2. The minimum absolute atomic E-state index is 0.728. The van der Waals surface area contributed by atoms with Crippen LogP contribution in [-0.2, 0) is 0 Å². The number of fused-ring (bicyclic) bond motifs is 1. The quantitative estimate of drug-likeness (QED) is 0.131. The molecule has 0 aliphatic heterocycles. The first kappa shape index (κ1) is 28.2. The van der Waals surface area contributed by atoms with Crippen molar-refractivity contribution in [2.24, 2.45) is 0 Å². The van der Waals surface area contributed by atoms with Gasteiger partial charge in [-0.25, -0.2) is 0 Å². The Balaban J connectivity index is 1.70. The van der Waals surface area contributed by atoms with Crippen LogP contribution in [0.15, 0.2) is 59.3 Å². The molecule has 2 aromatic heterocycles. The van der Waals surface area contributed by atoms with Gasteiger partial charge >= 0.3 is 0 Å². The van der Waals surface area contributed by atoms with Crippen LogP contribution in [0.25, 0.3) is 35.1 Å². The highest BCUT2D eigenvalue weighted by Crippen LogP contribution is 2.39. The number of hydrogen-bond donors (Lipinski definition) is 0. The van der Waals surface area contributed by atoms with Crippen molar-refractivity contribution in [2.75, 3.05) is 13.2 Å². The van der Waals surface area contributed by atoms with Crippen LogP contribution < -0.4 is 9.47 Å². The summed E-state index contributed by atoms with van der Waals surface area (Å²) >= 11 is 3.49. The van der Waals surface area contributed by atoms with E-state index in [0.717, 1.165) is 59.5 Å². The third-order valence-corrected chi connectivity index (χ3v) is 8.27. The van der Waals surface area contributed by atoms with Crippen molar-refractivity contribution in [3.8, 4) is 11.5 Å². The molecular formula is C34H40O2S2. The van der Waals surface area contributed by atoms with Crippen molar-refractivity contribution in [3.63, 3.8) is 0 Å². The predicted molar refractivity (Wildman–Crippen MR) is 170 cm³/mol. The molecular weight excluding hydrogens is 505 g/mol. The zero-order valence-corrected chi connectivity index (χ0v) is 24.4. The average Bonchev–Trinajstić information content (AvgIpc) is 3.66. The van der Waals surface area contributed by atoms with Crippen LogP contribution >= 0.6 is 22.7 Å². The lowest BCUT2D eigenvalue weighted by molar-refractivity contribution is 0.305. The van der Waals surface area contributed by atoms with Gasteiger partial charge in [-0.1, -0.05) is 76.6 Å². The number of hydrogen-bond acceptors (Lipinski definition) is 4. The Morgan fingerprint density at radius 3 is 1.42 bits per heavy atom. The highest BCUT2D eigenvalue weighted by molar-refractivity contribution is 7.11.